The third kappa shape index (κ3) is 3.72. The van der Waals surface area contributed by atoms with Gasteiger partial charge in [-0.2, -0.15) is 0 Å². The Labute approximate surface area is 99.0 Å². The van der Waals surface area contributed by atoms with Gasteiger partial charge < -0.3 is 15.7 Å². The molecule has 0 amide bonds. The first kappa shape index (κ1) is 12.3. The van der Waals surface area contributed by atoms with Gasteiger partial charge in [-0.15, -0.1) is 0 Å². The lowest BCUT2D eigenvalue weighted by Crippen LogP contribution is -2.49. The van der Waals surface area contributed by atoms with Crippen molar-refractivity contribution in [1.82, 2.24) is 10.6 Å². The fourth-order valence-corrected chi connectivity index (χ4v) is 2.92. The Bertz CT molecular complexity index is 196. The van der Waals surface area contributed by atoms with E-state index in [0.717, 1.165) is 12.8 Å². The molecule has 1 aliphatic heterocycles. The zero-order chi connectivity index (χ0) is 11.4. The standard InChI is InChI=1S/C13H26N2O/c1-10(15-12-8-13(16)9-12)7-11-5-3-2-4-6-14-11/h10-16H,2-9H2,1H3. The van der Waals surface area contributed by atoms with Crippen LogP contribution in [0.15, 0.2) is 0 Å². The molecule has 1 saturated heterocycles. The van der Waals surface area contributed by atoms with E-state index in [0.29, 0.717) is 18.1 Å². The summed E-state index contributed by atoms with van der Waals surface area (Å²) in [6.45, 7) is 3.47. The van der Waals surface area contributed by atoms with E-state index < -0.39 is 0 Å². The molecule has 0 bridgehead atoms. The molecule has 0 spiro atoms. The molecule has 2 fully saturated rings. The Hall–Kier alpha value is -0.120. The van der Waals surface area contributed by atoms with Crippen molar-refractivity contribution in [2.24, 2.45) is 0 Å². The van der Waals surface area contributed by atoms with Gasteiger partial charge in [0.2, 0.25) is 0 Å². The van der Waals surface area contributed by atoms with Crippen molar-refractivity contribution in [3.8, 4) is 0 Å². The molecule has 0 aromatic rings. The molecule has 2 atom stereocenters. The molecule has 3 N–H and O–H groups in total. The minimum absolute atomic E-state index is 0.0410. The Morgan fingerprint density at radius 2 is 2.12 bits per heavy atom. The van der Waals surface area contributed by atoms with Crippen LogP contribution in [0.5, 0.6) is 0 Å². The first-order valence-corrected chi connectivity index (χ1v) is 6.91. The molecule has 0 radical (unpaired) electrons. The summed E-state index contributed by atoms with van der Waals surface area (Å²) in [5, 5.41) is 16.5. The van der Waals surface area contributed by atoms with E-state index in [1.54, 1.807) is 0 Å². The summed E-state index contributed by atoms with van der Waals surface area (Å²) in [6, 6.07) is 1.85. The van der Waals surface area contributed by atoms with Crippen LogP contribution in [0.25, 0.3) is 0 Å². The van der Waals surface area contributed by atoms with Crippen LogP contribution in [-0.4, -0.2) is 35.9 Å². The normalized spacial score (nSPS) is 37.5. The predicted octanol–water partition coefficient (Wildman–Crippen LogP) is 1.41. The molecule has 2 rings (SSSR count). The topological polar surface area (TPSA) is 44.3 Å². The summed E-state index contributed by atoms with van der Waals surface area (Å²) in [4.78, 5) is 0. The van der Waals surface area contributed by atoms with Gasteiger partial charge in [0.05, 0.1) is 6.10 Å². The Morgan fingerprint density at radius 1 is 1.31 bits per heavy atom. The number of aliphatic hydroxyl groups excluding tert-OH is 1. The van der Waals surface area contributed by atoms with Crippen LogP contribution in [0, 0.1) is 0 Å². The number of nitrogens with one attached hydrogen (secondary N) is 2. The Balaban J connectivity index is 1.63. The van der Waals surface area contributed by atoms with Crippen LogP contribution in [0.1, 0.15) is 51.9 Å². The molecule has 1 aliphatic carbocycles. The molecule has 1 saturated carbocycles. The third-order valence-electron chi connectivity index (χ3n) is 3.93. The summed E-state index contributed by atoms with van der Waals surface area (Å²) in [5.74, 6) is 0. The van der Waals surface area contributed by atoms with Crippen LogP contribution < -0.4 is 10.6 Å². The molecule has 3 nitrogen and oxygen atoms in total. The van der Waals surface area contributed by atoms with Gasteiger partial charge in [0.1, 0.15) is 0 Å². The van der Waals surface area contributed by atoms with Crippen LogP contribution in [0.4, 0.5) is 0 Å². The number of rotatable bonds is 4. The van der Waals surface area contributed by atoms with E-state index >= 15 is 0 Å². The van der Waals surface area contributed by atoms with Crippen molar-refractivity contribution < 1.29 is 5.11 Å². The van der Waals surface area contributed by atoms with Crippen LogP contribution in [0.2, 0.25) is 0 Å². The SMILES string of the molecule is CC(CC1CCCCCN1)NC1CC(O)C1. The van der Waals surface area contributed by atoms with Gasteiger partial charge in [0, 0.05) is 18.1 Å². The van der Waals surface area contributed by atoms with Gasteiger partial charge in [-0.1, -0.05) is 12.8 Å². The smallest absolute Gasteiger partial charge is 0.0570 e. The van der Waals surface area contributed by atoms with E-state index in [1.807, 2.05) is 0 Å². The quantitative estimate of drug-likeness (QED) is 0.679. The second-order valence-corrected chi connectivity index (χ2v) is 5.63. The van der Waals surface area contributed by atoms with E-state index in [-0.39, 0.29) is 6.10 Å². The zero-order valence-electron chi connectivity index (χ0n) is 10.4. The van der Waals surface area contributed by atoms with Gasteiger partial charge in [0.25, 0.3) is 0 Å². The lowest BCUT2D eigenvalue weighted by molar-refractivity contribution is 0.0576. The molecule has 2 aliphatic rings. The summed E-state index contributed by atoms with van der Waals surface area (Å²) in [7, 11) is 0. The van der Waals surface area contributed by atoms with Crippen LogP contribution in [0.3, 0.4) is 0 Å². The van der Waals surface area contributed by atoms with Gasteiger partial charge in [-0.3, -0.25) is 0 Å². The van der Waals surface area contributed by atoms with Crippen molar-refractivity contribution in [3.63, 3.8) is 0 Å². The number of hydrogen-bond donors (Lipinski definition) is 3. The molecular weight excluding hydrogens is 200 g/mol. The number of hydrogen-bond acceptors (Lipinski definition) is 3. The van der Waals surface area contributed by atoms with Crippen molar-refractivity contribution in [3.05, 3.63) is 0 Å². The third-order valence-corrected chi connectivity index (χ3v) is 3.93. The van der Waals surface area contributed by atoms with E-state index in [1.165, 1.54) is 38.6 Å². The molecular formula is C13H26N2O. The van der Waals surface area contributed by atoms with Crippen molar-refractivity contribution in [2.75, 3.05) is 6.54 Å². The highest BCUT2D eigenvalue weighted by Crippen LogP contribution is 2.21. The first-order valence-electron chi connectivity index (χ1n) is 6.91. The maximum absolute atomic E-state index is 9.24. The highest BCUT2D eigenvalue weighted by atomic mass is 16.3. The molecule has 0 aromatic carbocycles. The summed E-state index contributed by atoms with van der Waals surface area (Å²) < 4.78 is 0. The molecule has 16 heavy (non-hydrogen) atoms. The van der Waals surface area contributed by atoms with Gasteiger partial charge >= 0.3 is 0 Å². The maximum Gasteiger partial charge on any atom is 0.0570 e. The average Bonchev–Trinajstić information content (AvgIpc) is 2.44. The van der Waals surface area contributed by atoms with Crippen molar-refractivity contribution >= 4 is 0 Å². The minimum Gasteiger partial charge on any atom is -0.393 e. The largest absolute Gasteiger partial charge is 0.393 e. The summed E-state index contributed by atoms with van der Waals surface area (Å²) >= 11 is 0. The summed E-state index contributed by atoms with van der Waals surface area (Å²) in [6.07, 6.45) is 8.53. The fourth-order valence-electron chi connectivity index (χ4n) is 2.92. The molecule has 1 heterocycles. The lowest BCUT2D eigenvalue weighted by Gasteiger charge is -2.35. The van der Waals surface area contributed by atoms with Crippen molar-refractivity contribution in [2.45, 2.75) is 76.1 Å². The molecule has 94 valence electrons. The van der Waals surface area contributed by atoms with Gasteiger partial charge in [-0.05, 0) is 45.6 Å². The maximum atomic E-state index is 9.24. The molecule has 0 aromatic heterocycles. The monoisotopic (exact) mass is 226 g/mol. The van der Waals surface area contributed by atoms with Crippen LogP contribution in [-0.2, 0) is 0 Å². The minimum atomic E-state index is -0.0410. The molecule has 3 heteroatoms. The van der Waals surface area contributed by atoms with Crippen LogP contribution >= 0.6 is 0 Å². The second-order valence-electron chi connectivity index (χ2n) is 5.63. The summed E-state index contributed by atoms with van der Waals surface area (Å²) in [5.41, 5.74) is 0. The predicted molar refractivity (Wildman–Crippen MR) is 66.5 cm³/mol. The zero-order valence-corrected chi connectivity index (χ0v) is 10.4. The second kappa shape index (κ2) is 5.99. The van der Waals surface area contributed by atoms with Crippen molar-refractivity contribution in [1.29, 1.82) is 0 Å². The highest BCUT2D eigenvalue weighted by molar-refractivity contribution is 4.87. The highest BCUT2D eigenvalue weighted by Gasteiger charge is 2.28. The van der Waals surface area contributed by atoms with E-state index in [2.05, 4.69) is 17.6 Å². The Kier molecular flexibility index (Phi) is 4.62. The lowest BCUT2D eigenvalue weighted by atomic mass is 9.88. The van der Waals surface area contributed by atoms with Gasteiger partial charge in [0.15, 0.2) is 0 Å². The average molecular weight is 226 g/mol. The number of aliphatic hydroxyl groups is 1. The molecule has 2 unspecified atom stereocenters. The Morgan fingerprint density at radius 3 is 2.88 bits per heavy atom. The first-order chi connectivity index (χ1) is 7.74. The van der Waals surface area contributed by atoms with E-state index in [4.69, 9.17) is 0 Å². The van der Waals surface area contributed by atoms with Gasteiger partial charge in [-0.25, -0.2) is 0 Å². The van der Waals surface area contributed by atoms with E-state index in [9.17, 15) is 5.11 Å². The fraction of sp³-hybridized carbons (Fsp3) is 1.00.